The van der Waals surface area contributed by atoms with Crippen molar-refractivity contribution in [3.63, 3.8) is 0 Å². The van der Waals surface area contributed by atoms with Gasteiger partial charge in [0.2, 0.25) is 0 Å². The van der Waals surface area contributed by atoms with Crippen LogP contribution in [-0.2, 0) is 11.2 Å². The number of nitrogens with two attached hydrogens (primary N) is 1. The molecular formula is C11H14N2O4S. The molecule has 0 aliphatic heterocycles. The van der Waals surface area contributed by atoms with Gasteiger partial charge in [0.1, 0.15) is 6.04 Å². The lowest BCUT2D eigenvalue weighted by Gasteiger charge is -2.05. The molecule has 1 aromatic rings. The summed E-state index contributed by atoms with van der Waals surface area (Å²) in [4.78, 5) is 20.5. The highest BCUT2D eigenvalue weighted by atomic mass is 32.2. The second kappa shape index (κ2) is 6.97. The molecule has 1 aromatic carbocycles. The van der Waals surface area contributed by atoms with Gasteiger partial charge in [-0.15, -0.1) is 0 Å². The molecule has 1 unspecified atom stereocenters. The normalized spacial score (nSPS) is 12.1. The summed E-state index contributed by atoms with van der Waals surface area (Å²) < 4.78 is 0. The molecule has 0 fully saturated rings. The number of aryl methyl sites for hydroxylation is 1. The summed E-state index contributed by atoms with van der Waals surface area (Å²) in [5.41, 5.74) is 6.41. The highest BCUT2D eigenvalue weighted by Gasteiger charge is 2.10. The number of benzene rings is 1. The molecule has 1 atom stereocenters. The zero-order valence-corrected chi connectivity index (χ0v) is 10.4. The maximum absolute atomic E-state index is 10.5. The number of nitro groups is 1. The molecule has 0 heterocycles. The first-order valence-electron chi connectivity index (χ1n) is 5.30. The maximum atomic E-state index is 10.5. The number of rotatable bonds is 7. The Kier molecular flexibility index (Phi) is 5.60. The molecule has 0 radical (unpaired) electrons. The molecule has 6 nitrogen and oxygen atoms in total. The van der Waals surface area contributed by atoms with Crippen LogP contribution in [0.25, 0.3) is 0 Å². The van der Waals surface area contributed by atoms with Gasteiger partial charge in [-0.1, -0.05) is 12.1 Å². The minimum absolute atomic E-state index is 0.0688. The van der Waals surface area contributed by atoms with E-state index >= 15 is 0 Å². The van der Waals surface area contributed by atoms with E-state index in [0.29, 0.717) is 5.75 Å². The third-order valence-corrected chi connectivity index (χ3v) is 3.38. The van der Waals surface area contributed by atoms with Crippen molar-refractivity contribution >= 4 is 23.4 Å². The summed E-state index contributed by atoms with van der Waals surface area (Å²) in [6.45, 7) is 0. The van der Waals surface area contributed by atoms with Crippen molar-refractivity contribution in [2.45, 2.75) is 12.5 Å². The minimum atomic E-state index is -1.00. The fraction of sp³-hybridized carbons (Fsp3) is 0.364. The van der Waals surface area contributed by atoms with Gasteiger partial charge in [-0.05, 0) is 17.7 Å². The Morgan fingerprint density at radius 3 is 2.56 bits per heavy atom. The molecule has 18 heavy (non-hydrogen) atoms. The molecule has 0 saturated carbocycles. The number of nitro benzene ring substituents is 1. The minimum Gasteiger partial charge on any atom is -0.480 e. The Hall–Kier alpha value is -1.60. The van der Waals surface area contributed by atoms with Gasteiger partial charge in [0.05, 0.1) is 4.92 Å². The summed E-state index contributed by atoms with van der Waals surface area (Å²) in [5.74, 6) is 0.0963. The number of carboxylic acids is 1. The molecule has 0 aromatic heterocycles. The van der Waals surface area contributed by atoms with Crippen molar-refractivity contribution in [1.29, 1.82) is 0 Å². The zero-order valence-electron chi connectivity index (χ0n) is 9.61. The Labute approximate surface area is 108 Å². The first kappa shape index (κ1) is 14.5. The van der Waals surface area contributed by atoms with Crippen molar-refractivity contribution < 1.29 is 14.8 Å². The second-order valence-corrected chi connectivity index (χ2v) is 4.84. The molecule has 98 valence electrons. The molecule has 0 aliphatic rings. The van der Waals surface area contributed by atoms with E-state index in [2.05, 4.69) is 0 Å². The molecule has 1 rings (SSSR count). The number of aliphatic carboxylic acids is 1. The lowest BCUT2D eigenvalue weighted by molar-refractivity contribution is -0.384. The number of nitrogens with zero attached hydrogens (tertiary/aromatic N) is 1. The zero-order chi connectivity index (χ0) is 13.5. The topological polar surface area (TPSA) is 106 Å². The number of non-ortho nitro benzene ring substituents is 1. The van der Waals surface area contributed by atoms with Crippen molar-refractivity contribution in [3.8, 4) is 0 Å². The number of carbonyl (C=O) groups is 1. The van der Waals surface area contributed by atoms with Gasteiger partial charge in [0.15, 0.2) is 0 Å². The number of hydrogen-bond donors (Lipinski definition) is 2. The van der Waals surface area contributed by atoms with E-state index < -0.39 is 16.9 Å². The van der Waals surface area contributed by atoms with Crippen LogP contribution in [0.3, 0.4) is 0 Å². The number of hydrogen-bond acceptors (Lipinski definition) is 5. The number of carboxylic acid groups (broad SMARTS) is 1. The fourth-order valence-electron chi connectivity index (χ4n) is 1.26. The van der Waals surface area contributed by atoms with Gasteiger partial charge in [-0.2, -0.15) is 11.8 Å². The Balaban J connectivity index is 2.31. The van der Waals surface area contributed by atoms with Crippen LogP contribution in [0.15, 0.2) is 24.3 Å². The van der Waals surface area contributed by atoms with Crippen molar-refractivity contribution in [1.82, 2.24) is 0 Å². The molecule has 0 aliphatic carbocycles. The van der Waals surface area contributed by atoms with Crippen LogP contribution in [-0.4, -0.2) is 33.5 Å². The van der Waals surface area contributed by atoms with Gasteiger partial charge < -0.3 is 10.8 Å². The third-order valence-electron chi connectivity index (χ3n) is 2.30. The SMILES string of the molecule is NC(CSCCc1ccc([N+](=O)[O-])cc1)C(=O)O. The van der Waals surface area contributed by atoms with E-state index in [4.69, 9.17) is 10.8 Å². The summed E-state index contributed by atoms with van der Waals surface area (Å²) in [6.07, 6.45) is 0.731. The van der Waals surface area contributed by atoms with Crippen molar-refractivity contribution in [2.75, 3.05) is 11.5 Å². The van der Waals surface area contributed by atoms with Crippen molar-refractivity contribution in [3.05, 3.63) is 39.9 Å². The maximum Gasteiger partial charge on any atom is 0.321 e. The predicted octanol–water partition coefficient (Wildman–Crippen LogP) is 1.28. The molecular weight excluding hydrogens is 256 g/mol. The van der Waals surface area contributed by atoms with E-state index in [1.165, 1.54) is 23.9 Å². The van der Waals surface area contributed by atoms with Crippen LogP contribution in [0.1, 0.15) is 5.56 Å². The average Bonchev–Trinajstić information content (AvgIpc) is 2.34. The van der Waals surface area contributed by atoms with Crippen LogP contribution in [0.2, 0.25) is 0 Å². The molecule has 0 amide bonds. The standard InChI is InChI=1S/C11H14N2O4S/c12-10(11(14)15)7-18-6-5-8-1-3-9(4-2-8)13(16)17/h1-4,10H,5-7,12H2,(H,14,15). The highest BCUT2D eigenvalue weighted by Crippen LogP contribution is 2.14. The van der Waals surface area contributed by atoms with Crippen LogP contribution < -0.4 is 5.73 Å². The molecule has 3 N–H and O–H groups in total. The van der Waals surface area contributed by atoms with E-state index in [-0.39, 0.29) is 5.69 Å². The van der Waals surface area contributed by atoms with Gasteiger partial charge >= 0.3 is 5.97 Å². The quantitative estimate of drug-likeness (QED) is 0.439. The summed E-state index contributed by atoms with van der Waals surface area (Å²) in [5, 5.41) is 19.0. The van der Waals surface area contributed by atoms with E-state index in [1.54, 1.807) is 12.1 Å². The Morgan fingerprint density at radius 1 is 1.44 bits per heavy atom. The summed E-state index contributed by atoms with van der Waals surface area (Å²) in [6, 6.07) is 5.49. The van der Waals surface area contributed by atoms with E-state index in [0.717, 1.165) is 17.7 Å². The Morgan fingerprint density at radius 2 is 2.06 bits per heavy atom. The third kappa shape index (κ3) is 4.72. The second-order valence-electron chi connectivity index (χ2n) is 3.69. The Bertz CT molecular complexity index is 422. The smallest absolute Gasteiger partial charge is 0.321 e. The predicted molar refractivity (Wildman–Crippen MR) is 69.7 cm³/mol. The monoisotopic (exact) mass is 270 g/mol. The molecule has 0 spiro atoms. The molecule has 0 bridgehead atoms. The van der Waals surface area contributed by atoms with Gasteiger partial charge in [0.25, 0.3) is 5.69 Å². The van der Waals surface area contributed by atoms with Crippen LogP contribution in [0.4, 0.5) is 5.69 Å². The molecule has 0 saturated heterocycles. The average molecular weight is 270 g/mol. The van der Waals surface area contributed by atoms with Crippen LogP contribution in [0, 0.1) is 10.1 Å². The van der Waals surface area contributed by atoms with Crippen LogP contribution in [0.5, 0.6) is 0 Å². The first-order valence-corrected chi connectivity index (χ1v) is 6.45. The van der Waals surface area contributed by atoms with E-state index in [9.17, 15) is 14.9 Å². The lowest BCUT2D eigenvalue weighted by atomic mass is 10.1. The van der Waals surface area contributed by atoms with Crippen LogP contribution >= 0.6 is 11.8 Å². The largest absolute Gasteiger partial charge is 0.480 e. The van der Waals surface area contributed by atoms with Gasteiger partial charge in [-0.25, -0.2) is 0 Å². The van der Waals surface area contributed by atoms with Crippen molar-refractivity contribution in [2.24, 2.45) is 5.73 Å². The summed E-state index contributed by atoms with van der Waals surface area (Å²) in [7, 11) is 0. The summed E-state index contributed by atoms with van der Waals surface area (Å²) >= 11 is 1.46. The van der Waals surface area contributed by atoms with E-state index in [1.807, 2.05) is 0 Å². The first-order chi connectivity index (χ1) is 8.50. The highest BCUT2D eigenvalue weighted by molar-refractivity contribution is 7.99. The molecule has 7 heteroatoms. The fourth-order valence-corrected chi connectivity index (χ4v) is 2.20. The van der Waals surface area contributed by atoms with Gasteiger partial charge in [0, 0.05) is 17.9 Å². The number of thioether (sulfide) groups is 1. The lowest BCUT2D eigenvalue weighted by Crippen LogP contribution is -2.32. The van der Waals surface area contributed by atoms with Gasteiger partial charge in [-0.3, -0.25) is 14.9 Å².